The van der Waals surface area contributed by atoms with Crippen LogP contribution in [0.4, 0.5) is 0 Å². The second-order valence-electron chi connectivity index (χ2n) is 10.2. The van der Waals surface area contributed by atoms with Crippen LogP contribution in [-0.2, 0) is 16.6 Å². The number of fused-ring (bicyclic) bond motifs is 1. The highest BCUT2D eigenvalue weighted by Crippen LogP contribution is 2.37. The van der Waals surface area contributed by atoms with Crippen LogP contribution in [0.1, 0.15) is 69.2 Å². The Balaban J connectivity index is 1.96. The quantitative estimate of drug-likeness (QED) is 0.295. The van der Waals surface area contributed by atoms with Gasteiger partial charge in [-0.05, 0) is 76.2 Å². The summed E-state index contributed by atoms with van der Waals surface area (Å²) < 4.78 is 5.91. The van der Waals surface area contributed by atoms with E-state index in [1.165, 1.54) is 5.56 Å². The molecule has 0 saturated carbocycles. The SMILES string of the molecule is Cc1cc(CC(=O)Cl)ccc1/C=C(\C#N)c1nc2cc(C(C)(C)CC(C)(C)C)ccc2o1. The molecular weight excluding hydrogens is 420 g/mol. The maximum Gasteiger partial charge on any atom is 0.238 e. The van der Waals surface area contributed by atoms with Crippen molar-refractivity contribution < 1.29 is 9.21 Å². The molecule has 2 aromatic carbocycles. The molecule has 0 radical (unpaired) electrons. The molecular formula is C27H29ClN2O2. The van der Waals surface area contributed by atoms with Gasteiger partial charge in [0.25, 0.3) is 0 Å². The van der Waals surface area contributed by atoms with E-state index >= 15 is 0 Å². The molecule has 3 aromatic rings. The van der Waals surface area contributed by atoms with E-state index in [1.54, 1.807) is 6.08 Å². The second-order valence-corrected chi connectivity index (χ2v) is 10.6. The first-order chi connectivity index (χ1) is 14.9. The molecule has 1 aromatic heterocycles. The topological polar surface area (TPSA) is 66.9 Å². The maximum absolute atomic E-state index is 11.1. The molecule has 0 aliphatic heterocycles. The lowest BCUT2D eigenvalue weighted by Gasteiger charge is -2.32. The Morgan fingerprint density at radius 2 is 1.88 bits per heavy atom. The fourth-order valence-corrected chi connectivity index (χ4v) is 4.51. The number of carbonyl (C=O) groups is 1. The molecule has 0 N–H and O–H groups in total. The van der Waals surface area contributed by atoms with Crippen LogP contribution >= 0.6 is 11.6 Å². The van der Waals surface area contributed by atoms with Crippen LogP contribution in [0.2, 0.25) is 0 Å². The first-order valence-electron chi connectivity index (χ1n) is 10.7. The number of hydrogen-bond acceptors (Lipinski definition) is 4. The van der Waals surface area contributed by atoms with Crippen molar-refractivity contribution in [2.24, 2.45) is 5.41 Å². The van der Waals surface area contributed by atoms with E-state index in [4.69, 9.17) is 16.0 Å². The van der Waals surface area contributed by atoms with E-state index in [0.29, 0.717) is 17.0 Å². The predicted octanol–water partition coefficient (Wildman–Crippen LogP) is 7.22. The molecule has 0 fully saturated rings. The molecule has 0 aliphatic carbocycles. The van der Waals surface area contributed by atoms with Gasteiger partial charge in [-0.25, -0.2) is 4.98 Å². The first-order valence-corrected chi connectivity index (χ1v) is 11.1. The summed E-state index contributed by atoms with van der Waals surface area (Å²) in [6.07, 6.45) is 2.97. The van der Waals surface area contributed by atoms with Gasteiger partial charge in [-0.2, -0.15) is 5.26 Å². The molecule has 4 nitrogen and oxygen atoms in total. The highest BCUT2D eigenvalue weighted by molar-refractivity contribution is 6.63. The third-order valence-corrected chi connectivity index (χ3v) is 5.60. The average Bonchev–Trinajstić information content (AvgIpc) is 3.08. The van der Waals surface area contributed by atoms with Crippen molar-refractivity contribution in [1.29, 1.82) is 5.26 Å². The van der Waals surface area contributed by atoms with E-state index in [1.807, 2.05) is 31.2 Å². The number of carbonyl (C=O) groups excluding carboxylic acids is 1. The Morgan fingerprint density at radius 1 is 1.16 bits per heavy atom. The smallest absolute Gasteiger partial charge is 0.238 e. The third kappa shape index (κ3) is 5.66. The molecule has 5 heteroatoms. The van der Waals surface area contributed by atoms with Gasteiger partial charge in [0.2, 0.25) is 11.1 Å². The molecule has 1 heterocycles. The molecule has 0 spiro atoms. The minimum atomic E-state index is -0.401. The van der Waals surface area contributed by atoms with Crippen LogP contribution in [0, 0.1) is 23.7 Å². The maximum atomic E-state index is 11.1. The van der Waals surface area contributed by atoms with Gasteiger partial charge in [-0.3, -0.25) is 4.79 Å². The number of oxazole rings is 1. The number of hydrogen-bond donors (Lipinski definition) is 0. The Labute approximate surface area is 194 Å². The van der Waals surface area contributed by atoms with E-state index in [9.17, 15) is 10.1 Å². The van der Waals surface area contributed by atoms with Crippen LogP contribution < -0.4 is 0 Å². The molecule has 166 valence electrons. The van der Waals surface area contributed by atoms with Crippen LogP contribution in [-0.4, -0.2) is 10.2 Å². The molecule has 0 saturated heterocycles. The van der Waals surface area contributed by atoms with Crippen LogP contribution in [0.25, 0.3) is 22.7 Å². The summed E-state index contributed by atoms with van der Waals surface area (Å²) in [5.41, 5.74) is 5.78. The number of aromatic nitrogens is 1. The molecule has 0 unspecified atom stereocenters. The molecule has 0 aliphatic rings. The summed E-state index contributed by atoms with van der Waals surface area (Å²) in [6, 6.07) is 13.9. The van der Waals surface area contributed by atoms with Crippen LogP contribution in [0.5, 0.6) is 0 Å². The number of allylic oxidation sites excluding steroid dienone is 1. The number of halogens is 1. The predicted molar refractivity (Wildman–Crippen MR) is 130 cm³/mol. The lowest BCUT2D eigenvalue weighted by atomic mass is 9.72. The van der Waals surface area contributed by atoms with Gasteiger partial charge in [0.1, 0.15) is 17.2 Å². The minimum Gasteiger partial charge on any atom is -0.435 e. The molecule has 32 heavy (non-hydrogen) atoms. The molecule has 3 rings (SSSR count). The van der Waals surface area contributed by atoms with E-state index in [2.05, 4.69) is 57.8 Å². The van der Waals surface area contributed by atoms with E-state index < -0.39 is 5.24 Å². The fourth-order valence-electron chi connectivity index (χ4n) is 4.36. The van der Waals surface area contributed by atoms with Gasteiger partial charge in [0.05, 0.1) is 0 Å². The lowest BCUT2D eigenvalue weighted by Crippen LogP contribution is -2.24. The van der Waals surface area contributed by atoms with Gasteiger partial charge < -0.3 is 4.42 Å². The Bertz CT molecular complexity index is 1240. The van der Waals surface area contributed by atoms with Crippen molar-refractivity contribution in [3.05, 3.63) is 64.5 Å². The van der Waals surface area contributed by atoms with Crippen LogP contribution in [0.3, 0.4) is 0 Å². The van der Waals surface area contributed by atoms with E-state index in [0.717, 1.165) is 28.6 Å². The standard InChI is InChI=1S/C27H29ClN2O2/c1-17-11-18(12-24(28)31)7-8-19(17)13-20(15-29)25-30-22-14-21(9-10-23(22)32-25)27(5,6)16-26(2,3)4/h7-11,13-14H,12,16H2,1-6H3/b20-13+. The third-order valence-electron chi connectivity index (χ3n) is 5.47. The van der Waals surface area contributed by atoms with Gasteiger partial charge in [0, 0.05) is 6.42 Å². The Hall–Kier alpha value is -2.90. The van der Waals surface area contributed by atoms with Gasteiger partial charge >= 0.3 is 0 Å². The zero-order valence-corrected chi connectivity index (χ0v) is 20.3. The Kier molecular flexibility index (Phi) is 6.62. The monoisotopic (exact) mass is 448 g/mol. The number of rotatable bonds is 6. The number of nitrogens with zero attached hydrogens (tertiary/aromatic N) is 2. The molecule has 0 atom stereocenters. The highest BCUT2D eigenvalue weighted by atomic mass is 35.5. The molecule has 0 amide bonds. The zero-order valence-electron chi connectivity index (χ0n) is 19.5. The van der Waals surface area contributed by atoms with Gasteiger partial charge in [-0.15, -0.1) is 0 Å². The van der Waals surface area contributed by atoms with Crippen molar-refractivity contribution in [3.63, 3.8) is 0 Å². The summed E-state index contributed by atoms with van der Waals surface area (Å²) in [4.78, 5) is 15.8. The second kappa shape index (κ2) is 8.92. The van der Waals surface area contributed by atoms with E-state index in [-0.39, 0.29) is 17.3 Å². The van der Waals surface area contributed by atoms with Crippen molar-refractivity contribution >= 4 is 39.6 Å². The normalized spacial score (nSPS) is 12.8. The number of benzene rings is 2. The fraction of sp³-hybridized carbons (Fsp3) is 0.370. The summed E-state index contributed by atoms with van der Waals surface area (Å²) >= 11 is 5.49. The molecule has 0 bridgehead atoms. The van der Waals surface area contributed by atoms with Crippen molar-refractivity contribution in [1.82, 2.24) is 4.98 Å². The zero-order chi connectivity index (χ0) is 23.7. The van der Waals surface area contributed by atoms with Crippen LogP contribution in [0.15, 0.2) is 40.8 Å². The van der Waals surface area contributed by atoms with Crippen molar-refractivity contribution in [2.45, 2.75) is 59.8 Å². The summed E-state index contributed by atoms with van der Waals surface area (Å²) in [5, 5.41) is 9.36. The Morgan fingerprint density at radius 3 is 2.47 bits per heavy atom. The van der Waals surface area contributed by atoms with Gasteiger partial charge in [0.15, 0.2) is 5.58 Å². The first kappa shape index (κ1) is 23.8. The summed E-state index contributed by atoms with van der Waals surface area (Å²) in [5.74, 6) is 0.299. The van der Waals surface area contributed by atoms with Gasteiger partial charge in [-0.1, -0.05) is 58.9 Å². The number of nitriles is 1. The largest absolute Gasteiger partial charge is 0.435 e. The lowest BCUT2D eigenvalue weighted by molar-refractivity contribution is -0.111. The van der Waals surface area contributed by atoms with Crippen molar-refractivity contribution in [3.8, 4) is 6.07 Å². The number of aryl methyl sites for hydroxylation is 1. The highest BCUT2D eigenvalue weighted by Gasteiger charge is 2.28. The summed E-state index contributed by atoms with van der Waals surface area (Å²) in [7, 11) is 0. The summed E-state index contributed by atoms with van der Waals surface area (Å²) in [6.45, 7) is 13.1. The minimum absolute atomic E-state index is 0.0112. The van der Waals surface area contributed by atoms with Crippen molar-refractivity contribution in [2.75, 3.05) is 0 Å². The average molecular weight is 449 g/mol.